The fraction of sp³-hybridized carbons (Fsp3) is 0.294. The van der Waals surface area contributed by atoms with E-state index >= 15 is 0 Å². The van der Waals surface area contributed by atoms with Crippen molar-refractivity contribution in [1.82, 2.24) is 9.88 Å². The van der Waals surface area contributed by atoms with E-state index in [1.54, 1.807) is 18.5 Å². The highest BCUT2D eigenvalue weighted by molar-refractivity contribution is 5.99. The van der Waals surface area contributed by atoms with Gasteiger partial charge in [0.1, 0.15) is 0 Å². The lowest BCUT2D eigenvalue weighted by Gasteiger charge is -2.22. The summed E-state index contributed by atoms with van der Waals surface area (Å²) >= 11 is 0. The maximum absolute atomic E-state index is 12.7. The lowest BCUT2D eigenvalue weighted by molar-refractivity contribution is 0.0753. The molecule has 0 unspecified atom stereocenters. The number of benzene rings is 1. The zero-order valence-electron chi connectivity index (χ0n) is 12.5. The Bertz CT molecular complexity index is 584. The first-order valence-corrected chi connectivity index (χ1v) is 7.27. The van der Waals surface area contributed by atoms with Crippen LogP contribution >= 0.6 is 0 Å². The molecule has 2 rings (SSSR count). The first kappa shape index (κ1) is 15.0. The molecule has 1 N–H and O–H groups in total. The van der Waals surface area contributed by atoms with Crippen molar-refractivity contribution >= 4 is 11.6 Å². The van der Waals surface area contributed by atoms with Gasteiger partial charge in [-0.25, -0.2) is 0 Å². The molecule has 0 radical (unpaired) electrons. The molecule has 1 heterocycles. The molecular formula is C17H21N3O. The summed E-state index contributed by atoms with van der Waals surface area (Å²) in [5.74, 6) is 0.0275. The molecule has 1 aromatic carbocycles. The predicted octanol–water partition coefficient (Wildman–Crippen LogP) is 3.18. The Morgan fingerprint density at radius 3 is 2.62 bits per heavy atom. The minimum atomic E-state index is 0.0275. The van der Waals surface area contributed by atoms with Gasteiger partial charge in [0.25, 0.3) is 5.91 Å². The van der Waals surface area contributed by atoms with Crippen molar-refractivity contribution < 1.29 is 4.79 Å². The Kier molecular flexibility index (Phi) is 5.32. The van der Waals surface area contributed by atoms with Crippen LogP contribution in [0.5, 0.6) is 0 Å². The molecule has 1 aromatic heterocycles. The van der Waals surface area contributed by atoms with Gasteiger partial charge in [-0.2, -0.15) is 0 Å². The number of amides is 1. The molecule has 1 amide bonds. The van der Waals surface area contributed by atoms with Crippen molar-refractivity contribution in [2.24, 2.45) is 0 Å². The van der Waals surface area contributed by atoms with E-state index in [0.717, 1.165) is 17.8 Å². The number of aromatic nitrogens is 1. The van der Waals surface area contributed by atoms with Crippen molar-refractivity contribution in [3.8, 4) is 0 Å². The van der Waals surface area contributed by atoms with Crippen LogP contribution in [0.25, 0.3) is 0 Å². The first-order valence-electron chi connectivity index (χ1n) is 7.27. The summed E-state index contributed by atoms with van der Waals surface area (Å²) in [4.78, 5) is 18.7. The predicted molar refractivity (Wildman–Crippen MR) is 85.3 cm³/mol. The molecule has 0 saturated heterocycles. The van der Waals surface area contributed by atoms with E-state index in [9.17, 15) is 4.79 Å². The van der Waals surface area contributed by atoms with E-state index < -0.39 is 0 Å². The van der Waals surface area contributed by atoms with Crippen molar-refractivity contribution in [2.75, 3.05) is 18.4 Å². The highest BCUT2D eigenvalue weighted by Gasteiger charge is 2.17. The van der Waals surface area contributed by atoms with Gasteiger partial charge in [-0.05, 0) is 25.5 Å². The summed E-state index contributed by atoms with van der Waals surface area (Å²) in [6, 6.07) is 11.8. The van der Waals surface area contributed by atoms with Crippen LogP contribution in [-0.2, 0) is 6.54 Å². The van der Waals surface area contributed by atoms with Gasteiger partial charge in [-0.15, -0.1) is 0 Å². The number of carbonyl (C=O) groups is 1. The topological polar surface area (TPSA) is 45.2 Å². The SMILES string of the molecule is CCNc1cnccc1C(=O)N(CC)Cc1ccccc1. The molecule has 110 valence electrons. The van der Waals surface area contributed by atoms with E-state index in [-0.39, 0.29) is 5.91 Å². The Labute approximate surface area is 125 Å². The Hall–Kier alpha value is -2.36. The summed E-state index contributed by atoms with van der Waals surface area (Å²) < 4.78 is 0. The van der Waals surface area contributed by atoms with Crippen LogP contribution in [0.1, 0.15) is 29.8 Å². The van der Waals surface area contributed by atoms with Gasteiger partial charge in [-0.3, -0.25) is 9.78 Å². The second-order valence-electron chi connectivity index (χ2n) is 4.76. The second-order valence-corrected chi connectivity index (χ2v) is 4.76. The average Bonchev–Trinajstić information content (AvgIpc) is 2.54. The Balaban J connectivity index is 2.20. The summed E-state index contributed by atoms with van der Waals surface area (Å²) in [5.41, 5.74) is 2.59. The number of carbonyl (C=O) groups excluding carboxylic acids is 1. The number of nitrogens with one attached hydrogen (secondary N) is 1. The maximum Gasteiger partial charge on any atom is 0.256 e. The number of hydrogen-bond acceptors (Lipinski definition) is 3. The molecule has 0 saturated carbocycles. The normalized spacial score (nSPS) is 10.2. The molecule has 0 aliphatic heterocycles. The van der Waals surface area contributed by atoms with Crippen molar-refractivity contribution in [3.63, 3.8) is 0 Å². The third kappa shape index (κ3) is 3.81. The molecule has 21 heavy (non-hydrogen) atoms. The van der Waals surface area contributed by atoms with Crippen molar-refractivity contribution in [3.05, 3.63) is 59.9 Å². The standard InChI is InChI=1S/C17H21N3O/c1-3-19-16-12-18-11-10-15(16)17(21)20(4-2)13-14-8-6-5-7-9-14/h5-12,19H,3-4,13H2,1-2H3. The molecular weight excluding hydrogens is 262 g/mol. The lowest BCUT2D eigenvalue weighted by Crippen LogP contribution is -2.31. The largest absolute Gasteiger partial charge is 0.383 e. The highest BCUT2D eigenvalue weighted by Crippen LogP contribution is 2.17. The number of anilines is 1. The highest BCUT2D eigenvalue weighted by atomic mass is 16.2. The molecule has 0 atom stereocenters. The van der Waals surface area contributed by atoms with Gasteiger partial charge in [-0.1, -0.05) is 30.3 Å². The Morgan fingerprint density at radius 2 is 1.95 bits per heavy atom. The van der Waals surface area contributed by atoms with E-state index in [0.29, 0.717) is 18.7 Å². The maximum atomic E-state index is 12.7. The van der Waals surface area contributed by atoms with E-state index in [4.69, 9.17) is 0 Å². The molecule has 4 heteroatoms. The van der Waals surface area contributed by atoms with Gasteiger partial charge in [0.05, 0.1) is 17.4 Å². The number of rotatable bonds is 6. The van der Waals surface area contributed by atoms with Crippen LogP contribution in [0.2, 0.25) is 0 Å². The fourth-order valence-corrected chi connectivity index (χ4v) is 2.21. The summed E-state index contributed by atoms with van der Waals surface area (Å²) in [7, 11) is 0. The van der Waals surface area contributed by atoms with E-state index in [1.807, 2.05) is 49.1 Å². The smallest absolute Gasteiger partial charge is 0.256 e. The minimum absolute atomic E-state index is 0.0275. The fourth-order valence-electron chi connectivity index (χ4n) is 2.21. The van der Waals surface area contributed by atoms with Crippen LogP contribution in [0.3, 0.4) is 0 Å². The molecule has 0 bridgehead atoms. The van der Waals surface area contributed by atoms with Crippen LogP contribution in [-0.4, -0.2) is 28.9 Å². The Morgan fingerprint density at radius 1 is 1.19 bits per heavy atom. The first-order chi connectivity index (χ1) is 10.3. The van der Waals surface area contributed by atoms with Crippen LogP contribution < -0.4 is 5.32 Å². The van der Waals surface area contributed by atoms with Gasteiger partial charge < -0.3 is 10.2 Å². The van der Waals surface area contributed by atoms with Crippen molar-refractivity contribution in [1.29, 1.82) is 0 Å². The molecule has 4 nitrogen and oxygen atoms in total. The zero-order chi connectivity index (χ0) is 15.1. The van der Waals surface area contributed by atoms with Crippen LogP contribution in [0.15, 0.2) is 48.8 Å². The summed E-state index contributed by atoms with van der Waals surface area (Å²) in [6.07, 6.45) is 3.36. The number of nitrogens with zero attached hydrogens (tertiary/aromatic N) is 2. The monoisotopic (exact) mass is 283 g/mol. The van der Waals surface area contributed by atoms with E-state index in [2.05, 4.69) is 10.3 Å². The molecule has 0 fully saturated rings. The number of hydrogen-bond donors (Lipinski definition) is 1. The van der Waals surface area contributed by atoms with Gasteiger partial charge in [0.2, 0.25) is 0 Å². The number of pyridine rings is 1. The van der Waals surface area contributed by atoms with Gasteiger partial charge >= 0.3 is 0 Å². The average molecular weight is 283 g/mol. The molecule has 0 aliphatic carbocycles. The second kappa shape index (κ2) is 7.43. The lowest BCUT2D eigenvalue weighted by atomic mass is 10.1. The third-order valence-electron chi connectivity index (χ3n) is 3.30. The van der Waals surface area contributed by atoms with Crippen LogP contribution in [0, 0.1) is 0 Å². The summed E-state index contributed by atoms with van der Waals surface area (Å²) in [5, 5.41) is 3.19. The minimum Gasteiger partial charge on any atom is -0.383 e. The van der Waals surface area contributed by atoms with Gasteiger partial charge in [0.15, 0.2) is 0 Å². The quantitative estimate of drug-likeness (QED) is 0.885. The zero-order valence-corrected chi connectivity index (χ0v) is 12.5. The third-order valence-corrected chi connectivity index (χ3v) is 3.30. The molecule has 0 spiro atoms. The molecule has 0 aliphatic rings. The van der Waals surface area contributed by atoms with E-state index in [1.165, 1.54) is 0 Å². The summed E-state index contributed by atoms with van der Waals surface area (Å²) in [6.45, 7) is 6.04. The van der Waals surface area contributed by atoms with Crippen LogP contribution in [0.4, 0.5) is 5.69 Å². The van der Waals surface area contributed by atoms with Gasteiger partial charge in [0, 0.05) is 25.8 Å². The van der Waals surface area contributed by atoms with Crippen molar-refractivity contribution in [2.45, 2.75) is 20.4 Å². The molecule has 2 aromatic rings.